The average Bonchev–Trinajstić information content (AvgIpc) is 2.45. The van der Waals surface area contributed by atoms with E-state index in [1.54, 1.807) is 0 Å². The highest BCUT2D eigenvalue weighted by atomic mass is 16.1. The Morgan fingerprint density at radius 3 is 2.37 bits per heavy atom. The van der Waals surface area contributed by atoms with Gasteiger partial charge in [-0.2, -0.15) is 0 Å². The summed E-state index contributed by atoms with van der Waals surface area (Å²) in [4.78, 5) is 12.1. The highest BCUT2D eigenvalue weighted by molar-refractivity contribution is 5.95. The Morgan fingerprint density at radius 1 is 1.05 bits per heavy atom. The summed E-state index contributed by atoms with van der Waals surface area (Å²) in [5.74, 6) is -0.0510. The number of nitrogens with two attached hydrogens (primary N) is 1. The first-order chi connectivity index (χ1) is 9.22. The van der Waals surface area contributed by atoms with E-state index in [0.29, 0.717) is 18.7 Å². The Labute approximate surface area is 113 Å². The molecule has 3 N–H and O–H groups in total. The van der Waals surface area contributed by atoms with Crippen molar-refractivity contribution >= 4 is 5.91 Å². The molecule has 2 rings (SSSR count). The van der Waals surface area contributed by atoms with Gasteiger partial charge in [-0.3, -0.25) is 4.79 Å². The molecular formula is C16H18N2O. The van der Waals surface area contributed by atoms with E-state index in [0.717, 1.165) is 16.7 Å². The van der Waals surface area contributed by atoms with Crippen molar-refractivity contribution in [2.75, 3.05) is 0 Å². The van der Waals surface area contributed by atoms with Gasteiger partial charge in [0.2, 0.25) is 0 Å². The molecule has 0 saturated carbocycles. The lowest BCUT2D eigenvalue weighted by Crippen LogP contribution is -2.24. The third-order valence-electron chi connectivity index (χ3n) is 3.17. The Morgan fingerprint density at radius 2 is 1.68 bits per heavy atom. The average molecular weight is 254 g/mol. The SMILES string of the molecule is Cc1ccccc1C(=O)NCc1ccccc1CN. The minimum absolute atomic E-state index is 0.0510. The molecule has 0 bridgehead atoms. The summed E-state index contributed by atoms with van der Waals surface area (Å²) in [6.45, 7) is 2.92. The molecule has 0 atom stereocenters. The van der Waals surface area contributed by atoms with Crippen molar-refractivity contribution in [2.45, 2.75) is 20.0 Å². The highest BCUT2D eigenvalue weighted by Crippen LogP contribution is 2.10. The van der Waals surface area contributed by atoms with Gasteiger partial charge in [0, 0.05) is 18.7 Å². The second-order valence-corrected chi connectivity index (χ2v) is 4.47. The van der Waals surface area contributed by atoms with Crippen molar-refractivity contribution < 1.29 is 4.79 Å². The van der Waals surface area contributed by atoms with Gasteiger partial charge >= 0.3 is 0 Å². The molecule has 0 aliphatic rings. The number of carbonyl (C=O) groups is 1. The highest BCUT2D eigenvalue weighted by Gasteiger charge is 2.08. The van der Waals surface area contributed by atoms with Crippen molar-refractivity contribution in [3.8, 4) is 0 Å². The van der Waals surface area contributed by atoms with Gasteiger partial charge in [-0.25, -0.2) is 0 Å². The molecule has 0 heterocycles. The second kappa shape index (κ2) is 6.16. The summed E-state index contributed by atoms with van der Waals surface area (Å²) in [6, 6.07) is 15.4. The predicted molar refractivity (Wildman–Crippen MR) is 76.7 cm³/mol. The number of nitrogens with one attached hydrogen (secondary N) is 1. The zero-order valence-electron chi connectivity index (χ0n) is 11.0. The second-order valence-electron chi connectivity index (χ2n) is 4.47. The van der Waals surface area contributed by atoms with E-state index in [1.165, 1.54) is 0 Å². The summed E-state index contributed by atoms with van der Waals surface area (Å²) in [7, 11) is 0. The molecule has 0 aliphatic heterocycles. The molecule has 0 spiro atoms. The van der Waals surface area contributed by atoms with Gasteiger partial charge in [-0.15, -0.1) is 0 Å². The third kappa shape index (κ3) is 3.20. The van der Waals surface area contributed by atoms with Crippen LogP contribution in [-0.4, -0.2) is 5.91 Å². The van der Waals surface area contributed by atoms with Crippen molar-refractivity contribution in [2.24, 2.45) is 5.73 Å². The van der Waals surface area contributed by atoms with Crippen molar-refractivity contribution in [3.63, 3.8) is 0 Å². The molecule has 2 aromatic carbocycles. The van der Waals surface area contributed by atoms with E-state index < -0.39 is 0 Å². The van der Waals surface area contributed by atoms with Gasteiger partial charge in [0.05, 0.1) is 0 Å². The fourth-order valence-electron chi connectivity index (χ4n) is 2.03. The Bertz CT molecular complexity index is 578. The van der Waals surface area contributed by atoms with E-state index in [1.807, 2.05) is 55.5 Å². The summed E-state index contributed by atoms with van der Waals surface area (Å²) >= 11 is 0. The number of aryl methyl sites for hydroxylation is 1. The van der Waals surface area contributed by atoms with E-state index >= 15 is 0 Å². The smallest absolute Gasteiger partial charge is 0.251 e. The Balaban J connectivity index is 2.07. The minimum atomic E-state index is -0.0510. The molecule has 0 unspecified atom stereocenters. The normalized spacial score (nSPS) is 10.2. The Hall–Kier alpha value is -2.13. The predicted octanol–water partition coefficient (Wildman–Crippen LogP) is 2.38. The van der Waals surface area contributed by atoms with Gasteiger partial charge in [-0.05, 0) is 29.7 Å². The molecular weight excluding hydrogens is 236 g/mol. The molecule has 19 heavy (non-hydrogen) atoms. The van der Waals surface area contributed by atoms with Crippen LogP contribution in [0.4, 0.5) is 0 Å². The Kier molecular flexibility index (Phi) is 4.31. The summed E-state index contributed by atoms with van der Waals surface area (Å²) in [5.41, 5.74) is 9.50. The van der Waals surface area contributed by atoms with Crippen LogP contribution in [0, 0.1) is 6.92 Å². The number of carbonyl (C=O) groups excluding carboxylic acids is 1. The first-order valence-electron chi connectivity index (χ1n) is 6.33. The summed E-state index contributed by atoms with van der Waals surface area (Å²) < 4.78 is 0. The van der Waals surface area contributed by atoms with Crippen LogP contribution >= 0.6 is 0 Å². The molecule has 0 fully saturated rings. The quantitative estimate of drug-likeness (QED) is 0.880. The zero-order valence-corrected chi connectivity index (χ0v) is 11.0. The fraction of sp³-hybridized carbons (Fsp3) is 0.188. The van der Waals surface area contributed by atoms with Crippen LogP contribution in [0.25, 0.3) is 0 Å². The molecule has 3 heteroatoms. The van der Waals surface area contributed by atoms with E-state index in [9.17, 15) is 4.79 Å². The number of hydrogen-bond acceptors (Lipinski definition) is 2. The first-order valence-corrected chi connectivity index (χ1v) is 6.33. The van der Waals surface area contributed by atoms with Crippen LogP contribution in [0.2, 0.25) is 0 Å². The standard InChI is InChI=1S/C16H18N2O/c1-12-6-2-5-9-15(12)16(19)18-11-14-8-4-3-7-13(14)10-17/h2-9H,10-11,17H2,1H3,(H,18,19). The number of amides is 1. The molecule has 0 aliphatic carbocycles. The van der Waals surface area contributed by atoms with E-state index in [2.05, 4.69) is 5.32 Å². The molecule has 0 aromatic heterocycles. The number of benzene rings is 2. The number of rotatable bonds is 4. The van der Waals surface area contributed by atoms with Gasteiger partial charge in [-0.1, -0.05) is 42.5 Å². The maximum atomic E-state index is 12.1. The van der Waals surface area contributed by atoms with E-state index in [-0.39, 0.29) is 5.91 Å². The first kappa shape index (κ1) is 13.3. The topological polar surface area (TPSA) is 55.1 Å². The van der Waals surface area contributed by atoms with Gasteiger partial charge in [0.25, 0.3) is 5.91 Å². The maximum absolute atomic E-state index is 12.1. The van der Waals surface area contributed by atoms with Crippen LogP contribution in [0.1, 0.15) is 27.0 Å². The maximum Gasteiger partial charge on any atom is 0.251 e. The molecule has 2 aromatic rings. The molecule has 3 nitrogen and oxygen atoms in total. The lowest BCUT2D eigenvalue weighted by molar-refractivity contribution is 0.0950. The monoisotopic (exact) mass is 254 g/mol. The minimum Gasteiger partial charge on any atom is -0.348 e. The van der Waals surface area contributed by atoms with Gasteiger partial charge in [0.15, 0.2) is 0 Å². The van der Waals surface area contributed by atoms with Gasteiger partial charge in [0.1, 0.15) is 0 Å². The lowest BCUT2D eigenvalue weighted by atomic mass is 10.1. The molecule has 1 amide bonds. The van der Waals surface area contributed by atoms with Crippen LogP contribution < -0.4 is 11.1 Å². The van der Waals surface area contributed by atoms with Crippen LogP contribution in [0.3, 0.4) is 0 Å². The number of hydrogen-bond donors (Lipinski definition) is 2. The van der Waals surface area contributed by atoms with Crippen molar-refractivity contribution in [3.05, 3.63) is 70.8 Å². The molecule has 0 saturated heterocycles. The van der Waals surface area contributed by atoms with Crippen molar-refractivity contribution in [1.82, 2.24) is 5.32 Å². The van der Waals surface area contributed by atoms with Crippen LogP contribution in [-0.2, 0) is 13.1 Å². The van der Waals surface area contributed by atoms with Crippen molar-refractivity contribution in [1.29, 1.82) is 0 Å². The molecule has 0 radical (unpaired) electrons. The van der Waals surface area contributed by atoms with Crippen LogP contribution in [0.15, 0.2) is 48.5 Å². The molecule has 98 valence electrons. The zero-order chi connectivity index (χ0) is 13.7. The summed E-state index contributed by atoms with van der Waals surface area (Å²) in [5, 5.41) is 2.94. The fourth-order valence-corrected chi connectivity index (χ4v) is 2.03. The lowest BCUT2D eigenvalue weighted by Gasteiger charge is -2.10. The third-order valence-corrected chi connectivity index (χ3v) is 3.17. The largest absolute Gasteiger partial charge is 0.348 e. The van der Waals surface area contributed by atoms with Gasteiger partial charge < -0.3 is 11.1 Å². The van der Waals surface area contributed by atoms with Crippen LogP contribution in [0.5, 0.6) is 0 Å². The van der Waals surface area contributed by atoms with E-state index in [4.69, 9.17) is 5.73 Å². The summed E-state index contributed by atoms with van der Waals surface area (Å²) in [6.07, 6.45) is 0.